The van der Waals surface area contributed by atoms with Crippen molar-refractivity contribution in [2.45, 2.75) is 37.3 Å². The molecule has 0 bridgehead atoms. The summed E-state index contributed by atoms with van der Waals surface area (Å²) in [7, 11) is 0. The van der Waals surface area contributed by atoms with Gasteiger partial charge in [0.15, 0.2) is 5.82 Å². The molecule has 0 aliphatic heterocycles. The van der Waals surface area contributed by atoms with Gasteiger partial charge < -0.3 is 15.1 Å². The van der Waals surface area contributed by atoms with Gasteiger partial charge in [-0.25, -0.2) is 4.68 Å². The number of rotatable bonds is 9. The predicted octanol–water partition coefficient (Wildman–Crippen LogP) is 3.94. The SMILES string of the molecule is CC(C)c1ccc(OCc2nnc(SCc3nc(-c4ccc([N+](=O)[O-])cc4)no3)n2N)cc1. The highest BCUT2D eigenvalue weighted by Gasteiger charge is 2.15. The van der Waals surface area contributed by atoms with E-state index in [0.717, 1.165) is 5.75 Å². The number of non-ortho nitro benzene ring substituents is 1. The second-order valence-corrected chi connectivity index (χ2v) is 8.33. The molecule has 0 unspecified atom stereocenters. The molecule has 0 atom stereocenters. The first-order chi connectivity index (χ1) is 15.9. The molecule has 4 rings (SSSR count). The highest BCUT2D eigenvalue weighted by Crippen LogP contribution is 2.24. The van der Waals surface area contributed by atoms with Crippen molar-refractivity contribution in [3.05, 3.63) is 75.9 Å². The van der Waals surface area contributed by atoms with Crippen molar-refractivity contribution in [2.75, 3.05) is 5.84 Å². The number of nitro groups is 1. The van der Waals surface area contributed by atoms with Gasteiger partial charge in [0.1, 0.15) is 12.4 Å². The summed E-state index contributed by atoms with van der Waals surface area (Å²) in [6, 6.07) is 13.8. The number of hydrogen-bond donors (Lipinski definition) is 1. The van der Waals surface area contributed by atoms with Crippen molar-refractivity contribution in [1.82, 2.24) is 25.0 Å². The molecule has 0 saturated carbocycles. The molecule has 0 aliphatic carbocycles. The van der Waals surface area contributed by atoms with Gasteiger partial charge in [0, 0.05) is 17.7 Å². The summed E-state index contributed by atoms with van der Waals surface area (Å²) in [6.07, 6.45) is 0. The lowest BCUT2D eigenvalue weighted by Crippen LogP contribution is -2.15. The van der Waals surface area contributed by atoms with E-state index in [9.17, 15) is 10.1 Å². The van der Waals surface area contributed by atoms with Crippen LogP contribution in [0.25, 0.3) is 11.4 Å². The molecule has 0 spiro atoms. The Labute approximate surface area is 193 Å². The number of nitrogen functional groups attached to an aromatic ring is 1. The van der Waals surface area contributed by atoms with Crippen LogP contribution < -0.4 is 10.6 Å². The summed E-state index contributed by atoms with van der Waals surface area (Å²) in [6.45, 7) is 4.45. The van der Waals surface area contributed by atoms with E-state index >= 15 is 0 Å². The van der Waals surface area contributed by atoms with Gasteiger partial charge in [0.2, 0.25) is 16.9 Å². The molecule has 0 aliphatic rings. The van der Waals surface area contributed by atoms with Crippen molar-refractivity contribution in [1.29, 1.82) is 0 Å². The molecule has 0 radical (unpaired) electrons. The minimum atomic E-state index is -0.465. The van der Waals surface area contributed by atoms with Gasteiger partial charge in [0.05, 0.1) is 10.7 Å². The predicted molar refractivity (Wildman–Crippen MR) is 121 cm³/mol. The van der Waals surface area contributed by atoms with E-state index in [0.29, 0.717) is 39.9 Å². The Morgan fingerprint density at radius 3 is 2.55 bits per heavy atom. The summed E-state index contributed by atoms with van der Waals surface area (Å²) in [5, 5.41) is 23.3. The van der Waals surface area contributed by atoms with E-state index in [1.807, 2.05) is 24.3 Å². The largest absolute Gasteiger partial charge is 0.486 e. The maximum absolute atomic E-state index is 10.8. The lowest BCUT2D eigenvalue weighted by molar-refractivity contribution is -0.384. The van der Waals surface area contributed by atoms with Crippen LogP contribution >= 0.6 is 11.8 Å². The molecule has 0 saturated heterocycles. The number of nitrogens with zero attached hydrogens (tertiary/aromatic N) is 6. The third kappa shape index (κ3) is 5.29. The third-order valence-electron chi connectivity index (χ3n) is 4.78. The first-order valence-electron chi connectivity index (χ1n) is 10.0. The maximum Gasteiger partial charge on any atom is 0.269 e. The van der Waals surface area contributed by atoms with E-state index in [4.69, 9.17) is 15.1 Å². The van der Waals surface area contributed by atoms with Crippen molar-refractivity contribution in [2.24, 2.45) is 0 Å². The second-order valence-electron chi connectivity index (χ2n) is 7.39. The smallest absolute Gasteiger partial charge is 0.269 e. The standard InChI is InChI=1S/C21H21N7O4S/c1-13(2)14-5-9-17(10-6-14)31-11-18-24-25-21(27(18)22)33-12-19-23-20(26-32-19)15-3-7-16(8-4-15)28(29)30/h3-10,13H,11-12,22H2,1-2H3. The van der Waals surface area contributed by atoms with Crippen LogP contribution in [0.1, 0.15) is 37.0 Å². The number of ether oxygens (including phenoxy) is 1. The zero-order valence-electron chi connectivity index (χ0n) is 17.9. The van der Waals surface area contributed by atoms with Crippen LogP contribution in [0.3, 0.4) is 0 Å². The van der Waals surface area contributed by atoms with Crippen LogP contribution in [-0.2, 0) is 12.4 Å². The van der Waals surface area contributed by atoms with Crippen molar-refractivity contribution in [3.63, 3.8) is 0 Å². The Hall–Kier alpha value is -3.93. The van der Waals surface area contributed by atoms with Crippen LogP contribution in [0.15, 0.2) is 58.2 Å². The molecule has 4 aromatic rings. The molecule has 33 heavy (non-hydrogen) atoms. The topological polar surface area (TPSA) is 148 Å². The molecule has 11 nitrogen and oxygen atoms in total. The van der Waals surface area contributed by atoms with E-state index in [-0.39, 0.29) is 12.3 Å². The Bertz CT molecular complexity index is 1240. The lowest BCUT2D eigenvalue weighted by Gasteiger charge is -2.08. The summed E-state index contributed by atoms with van der Waals surface area (Å²) in [4.78, 5) is 14.6. The van der Waals surface area contributed by atoms with E-state index in [2.05, 4.69) is 34.2 Å². The highest BCUT2D eigenvalue weighted by molar-refractivity contribution is 7.98. The van der Waals surface area contributed by atoms with E-state index in [1.165, 1.54) is 34.1 Å². The fourth-order valence-electron chi connectivity index (χ4n) is 2.89. The van der Waals surface area contributed by atoms with E-state index in [1.54, 1.807) is 12.1 Å². The number of hydrogen-bond acceptors (Lipinski definition) is 10. The molecule has 170 valence electrons. The molecule has 2 aromatic carbocycles. The normalized spacial score (nSPS) is 11.1. The number of aromatic nitrogens is 5. The Morgan fingerprint density at radius 1 is 1.15 bits per heavy atom. The number of thioether (sulfide) groups is 1. The zero-order chi connectivity index (χ0) is 23.4. The van der Waals surface area contributed by atoms with Crippen molar-refractivity contribution in [3.8, 4) is 17.1 Å². The Kier molecular flexibility index (Phi) is 6.54. The first-order valence-corrected chi connectivity index (χ1v) is 11.0. The van der Waals surface area contributed by atoms with Crippen LogP contribution in [0.4, 0.5) is 5.69 Å². The quantitative estimate of drug-likeness (QED) is 0.166. The summed E-state index contributed by atoms with van der Waals surface area (Å²) in [5.74, 6) is 8.78. The third-order valence-corrected chi connectivity index (χ3v) is 5.71. The molecule has 2 N–H and O–H groups in total. The van der Waals surface area contributed by atoms with Gasteiger partial charge >= 0.3 is 0 Å². The van der Waals surface area contributed by atoms with Crippen LogP contribution in [-0.4, -0.2) is 29.9 Å². The second kappa shape index (κ2) is 9.69. The molecule has 2 heterocycles. The van der Waals surface area contributed by atoms with Gasteiger partial charge in [-0.05, 0) is 35.7 Å². The molecule has 0 amide bonds. The molecular weight excluding hydrogens is 446 g/mol. The number of nitro benzene ring substituents is 1. The van der Waals surface area contributed by atoms with Gasteiger partial charge in [-0.3, -0.25) is 10.1 Å². The van der Waals surface area contributed by atoms with Gasteiger partial charge in [0.25, 0.3) is 5.69 Å². The Morgan fingerprint density at radius 2 is 1.88 bits per heavy atom. The maximum atomic E-state index is 10.8. The number of benzene rings is 2. The molecule has 12 heteroatoms. The first kappa shape index (κ1) is 22.3. The van der Waals surface area contributed by atoms with Crippen molar-refractivity contribution < 1.29 is 14.2 Å². The highest BCUT2D eigenvalue weighted by atomic mass is 32.2. The van der Waals surface area contributed by atoms with Crippen molar-refractivity contribution >= 4 is 17.4 Å². The summed E-state index contributed by atoms with van der Waals surface area (Å²) < 4.78 is 12.4. The van der Waals surface area contributed by atoms with Gasteiger partial charge in [-0.2, -0.15) is 4.98 Å². The fourth-order valence-corrected chi connectivity index (χ4v) is 3.60. The van der Waals surface area contributed by atoms with Crippen LogP contribution in [0.2, 0.25) is 0 Å². The average molecular weight is 468 g/mol. The molecule has 0 fully saturated rings. The monoisotopic (exact) mass is 467 g/mol. The summed E-state index contributed by atoms with van der Waals surface area (Å²) >= 11 is 1.29. The molecular formula is C21H21N7O4S. The fraction of sp³-hybridized carbons (Fsp3) is 0.238. The van der Waals surface area contributed by atoms with Gasteiger partial charge in [-0.1, -0.05) is 42.9 Å². The summed E-state index contributed by atoms with van der Waals surface area (Å²) in [5.41, 5.74) is 1.84. The average Bonchev–Trinajstić information content (AvgIpc) is 3.43. The minimum Gasteiger partial charge on any atom is -0.486 e. The van der Waals surface area contributed by atoms with Crippen LogP contribution in [0.5, 0.6) is 5.75 Å². The zero-order valence-corrected chi connectivity index (χ0v) is 18.7. The lowest BCUT2D eigenvalue weighted by atomic mass is 10.0. The van der Waals surface area contributed by atoms with E-state index < -0.39 is 4.92 Å². The Balaban J connectivity index is 1.33. The minimum absolute atomic E-state index is 0.00679. The molecule has 2 aromatic heterocycles. The van der Waals surface area contributed by atoms with Gasteiger partial charge in [-0.15, -0.1) is 10.2 Å². The van der Waals surface area contributed by atoms with Crippen LogP contribution in [0, 0.1) is 10.1 Å². The number of nitrogens with two attached hydrogens (primary N) is 1.